The van der Waals surface area contributed by atoms with Gasteiger partial charge in [-0.3, -0.25) is 9.59 Å². The van der Waals surface area contributed by atoms with Crippen molar-refractivity contribution in [1.82, 2.24) is 10.6 Å². The Morgan fingerprint density at radius 3 is 2.25 bits per heavy atom. The predicted octanol–water partition coefficient (Wildman–Crippen LogP) is 1.06. The van der Waals surface area contributed by atoms with Crippen LogP contribution in [0.3, 0.4) is 0 Å². The van der Waals surface area contributed by atoms with E-state index in [1.807, 2.05) is 13.8 Å². The Bertz CT molecular complexity index is 303. The van der Waals surface area contributed by atoms with E-state index in [1.165, 1.54) is 0 Å². The van der Waals surface area contributed by atoms with Gasteiger partial charge in [-0.05, 0) is 19.3 Å². The Hall–Kier alpha value is -1.06. The number of hydrogen-bond donors (Lipinski definition) is 2. The maximum absolute atomic E-state index is 11.9. The fourth-order valence-corrected chi connectivity index (χ4v) is 1.39. The van der Waals surface area contributed by atoms with Crippen molar-refractivity contribution in [1.29, 1.82) is 0 Å². The van der Waals surface area contributed by atoms with Gasteiger partial charge in [0, 0.05) is 18.5 Å². The lowest BCUT2D eigenvalue weighted by Gasteiger charge is -2.40. The molecule has 0 aromatic heterocycles. The molecule has 4 nitrogen and oxygen atoms in total. The van der Waals surface area contributed by atoms with E-state index in [9.17, 15) is 9.59 Å². The van der Waals surface area contributed by atoms with Crippen LogP contribution in [0.5, 0.6) is 0 Å². The molecule has 1 saturated heterocycles. The fraction of sp³-hybridized carbons (Fsp3) is 0.833. The molecule has 4 heteroatoms. The second kappa shape index (κ2) is 4.07. The van der Waals surface area contributed by atoms with Crippen LogP contribution in [0.15, 0.2) is 0 Å². The van der Waals surface area contributed by atoms with Gasteiger partial charge in [-0.2, -0.15) is 0 Å². The van der Waals surface area contributed by atoms with Crippen LogP contribution < -0.4 is 10.6 Å². The van der Waals surface area contributed by atoms with Crippen molar-refractivity contribution >= 4 is 11.8 Å². The smallest absolute Gasteiger partial charge is 0.225 e. The van der Waals surface area contributed by atoms with Gasteiger partial charge in [0.1, 0.15) is 0 Å². The highest BCUT2D eigenvalue weighted by atomic mass is 16.2. The van der Waals surface area contributed by atoms with Crippen LogP contribution >= 0.6 is 0 Å². The van der Waals surface area contributed by atoms with E-state index in [4.69, 9.17) is 0 Å². The van der Waals surface area contributed by atoms with Gasteiger partial charge in [-0.15, -0.1) is 0 Å². The minimum atomic E-state index is -0.282. The molecule has 1 atom stereocenters. The molecule has 2 N–H and O–H groups in total. The average molecular weight is 226 g/mol. The fourth-order valence-electron chi connectivity index (χ4n) is 1.39. The van der Waals surface area contributed by atoms with Crippen molar-refractivity contribution in [2.75, 3.05) is 6.54 Å². The monoisotopic (exact) mass is 226 g/mol. The summed E-state index contributed by atoms with van der Waals surface area (Å²) in [5.74, 6) is -0.277. The number of carbonyl (C=O) groups is 2. The molecule has 0 spiro atoms. The van der Waals surface area contributed by atoms with Gasteiger partial charge in [0.2, 0.25) is 11.8 Å². The number of rotatable bonds is 2. The minimum absolute atomic E-state index is 0.0152. The van der Waals surface area contributed by atoms with E-state index < -0.39 is 0 Å². The van der Waals surface area contributed by atoms with Gasteiger partial charge in [0.05, 0.1) is 5.92 Å². The summed E-state index contributed by atoms with van der Waals surface area (Å²) >= 11 is 0. The van der Waals surface area contributed by atoms with Gasteiger partial charge in [-0.1, -0.05) is 20.8 Å². The molecule has 1 aliphatic heterocycles. The van der Waals surface area contributed by atoms with Crippen molar-refractivity contribution < 1.29 is 9.59 Å². The molecule has 1 aliphatic rings. The molecule has 0 saturated carbocycles. The Labute approximate surface area is 97.2 Å². The molecule has 0 aliphatic carbocycles. The van der Waals surface area contributed by atoms with Gasteiger partial charge in [0.15, 0.2) is 0 Å². The van der Waals surface area contributed by atoms with Crippen molar-refractivity contribution in [3.63, 3.8) is 0 Å². The van der Waals surface area contributed by atoms with E-state index in [-0.39, 0.29) is 28.7 Å². The van der Waals surface area contributed by atoms with Crippen molar-refractivity contribution in [2.24, 2.45) is 11.3 Å². The highest BCUT2D eigenvalue weighted by Crippen LogP contribution is 2.29. The first kappa shape index (κ1) is 13.0. The van der Waals surface area contributed by atoms with Crippen LogP contribution in [0.2, 0.25) is 0 Å². The summed E-state index contributed by atoms with van der Waals surface area (Å²) in [4.78, 5) is 23.0. The first-order chi connectivity index (χ1) is 7.13. The highest BCUT2D eigenvalue weighted by Gasteiger charge is 2.37. The summed E-state index contributed by atoms with van der Waals surface area (Å²) in [5.41, 5.74) is -0.297. The first-order valence-electron chi connectivity index (χ1n) is 5.72. The summed E-state index contributed by atoms with van der Waals surface area (Å²) in [6.45, 7) is 10.7. The second-order valence-electron chi connectivity index (χ2n) is 6.07. The average Bonchev–Trinajstić information content (AvgIpc) is 2.48. The molecular weight excluding hydrogens is 204 g/mol. The van der Waals surface area contributed by atoms with Crippen LogP contribution in [0.4, 0.5) is 0 Å². The number of carbonyl (C=O) groups excluding carboxylic acids is 2. The largest absolute Gasteiger partial charge is 0.355 e. The van der Waals surface area contributed by atoms with E-state index in [0.717, 1.165) is 0 Å². The van der Waals surface area contributed by atoms with Crippen LogP contribution in [0.1, 0.15) is 41.0 Å². The third kappa shape index (κ3) is 2.74. The van der Waals surface area contributed by atoms with Crippen LogP contribution in [0.25, 0.3) is 0 Å². The lowest BCUT2D eigenvalue weighted by Crippen LogP contribution is -2.54. The predicted molar refractivity (Wildman–Crippen MR) is 62.8 cm³/mol. The summed E-state index contributed by atoms with van der Waals surface area (Å²) in [6, 6.07) is 0. The van der Waals surface area contributed by atoms with E-state index in [1.54, 1.807) is 0 Å². The standard InChI is InChI=1S/C12H22N2O2/c1-11(2,3)12(4,5)14-10(16)8-6-9(15)13-7-8/h8H,6-7H2,1-5H3,(H,13,15)(H,14,16). The maximum Gasteiger partial charge on any atom is 0.225 e. The molecule has 0 aromatic carbocycles. The van der Waals surface area contributed by atoms with Gasteiger partial charge < -0.3 is 10.6 Å². The van der Waals surface area contributed by atoms with Gasteiger partial charge in [-0.25, -0.2) is 0 Å². The molecule has 1 unspecified atom stereocenters. The Balaban J connectivity index is 2.61. The Morgan fingerprint density at radius 1 is 1.31 bits per heavy atom. The quantitative estimate of drug-likeness (QED) is 0.740. The SMILES string of the molecule is CC(C)(C)C(C)(C)NC(=O)C1CNC(=O)C1. The number of nitrogens with one attached hydrogen (secondary N) is 2. The molecule has 2 amide bonds. The molecule has 16 heavy (non-hydrogen) atoms. The third-order valence-electron chi connectivity index (χ3n) is 3.66. The van der Waals surface area contributed by atoms with E-state index in [2.05, 4.69) is 31.4 Å². The molecule has 0 aromatic rings. The minimum Gasteiger partial charge on any atom is -0.355 e. The van der Waals surface area contributed by atoms with Gasteiger partial charge >= 0.3 is 0 Å². The van der Waals surface area contributed by atoms with Crippen molar-refractivity contribution in [3.8, 4) is 0 Å². The molecule has 1 rings (SSSR count). The number of hydrogen-bond acceptors (Lipinski definition) is 2. The van der Waals surface area contributed by atoms with Crippen molar-refractivity contribution in [2.45, 2.75) is 46.6 Å². The van der Waals surface area contributed by atoms with Crippen LogP contribution in [0, 0.1) is 11.3 Å². The lowest BCUT2D eigenvalue weighted by molar-refractivity contribution is -0.128. The normalized spacial score (nSPS) is 21.8. The Kier molecular flexibility index (Phi) is 3.31. The summed E-state index contributed by atoms with van der Waals surface area (Å²) in [6.07, 6.45) is 0.312. The molecule has 0 radical (unpaired) electrons. The van der Waals surface area contributed by atoms with Crippen LogP contribution in [-0.4, -0.2) is 23.9 Å². The van der Waals surface area contributed by atoms with E-state index >= 15 is 0 Å². The summed E-state index contributed by atoms with van der Waals surface area (Å²) < 4.78 is 0. The lowest BCUT2D eigenvalue weighted by atomic mass is 9.76. The third-order valence-corrected chi connectivity index (χ3v) is 3.66. The Morgan fingerprint density at radius 2 is 1.88 bits per heavy atom. The second-order valence-corrected chi connectivity index (χ2v) is 6.07. The summed E-state index contributed by atoms with van der Waals surface area (Å²) in [7, 11) is 0. The maximum atomic E-state index is 11.9. The first-order valence-corrected chi connectivity index (χ1v) is 5.72. The zero-order valence-corrected chi connectivity index (χ0v) is 10.8. The zero-order chi connectivity index (χ0) is 12.6. The van der Waals surface area contributed by atoms with Crippen LogP contribution in [-0.2, 0) is 9.59 Å². The van der Waals surface area contributed by atoms with Crippen molar-refractivity contribution in [3.05, 3.63) is 0 Å². The van der Waals surface area contributed by atoms with E-state index in [0.29, 0.717) is 13.0 Å². The molecule has 92 valence electrons. The molecular formula is C12H22N2O2. The van der Waals surface area contributed by atoms with Gasteiger partial charge in [0.25, 0.3) is 0 Å². The summed E-state index contributed by atoms with van der Waals surface area (Å²) in [5, 5.41) is 5.70. The highest BCUT2D eigenvalue weighted by molar-refractivity contribution is 5.89. The molecule has 0 bridgehead atoms. The zero-order valence-electron chi connectivity index (χ0n) is 10.8. The topological polar surface area (TPSA) is 58.2 Å². The molecule has 1 heterocycles. The number of amides is 2. The molecule has 1 fully saturated rings.